The molecule has 0 nitrogen and oxygen atoms in total. The highest BCUT2D eigenvalue weighted by Crippen LogP contribution is 2.10. The largest absolute Gasteiger partial charge is 0.0880 e. The van der Waals surface area contributed by atoms with Crippen LogP contribution in [0.1, 0.15) is 12.8 Å². The van der Waals surface area contributed by atoms with Gasteiger partial charge in [-0.3, -0.25) is 0 Å². The van der Waals surface area contributed by atoms with Crippen LogP contribution in [0, 0.1) is 0 Å². The second-order valence-corrected chi connectivity index (χ2v) is 2.87. The van der Waals surface area contributed by atoms with Crippen LogP contribution in [-0.2, 0) is 0 Å². The third-order valence-electron chi connectivity index (χ3n) is 1.49. The number of hydrogen-bond donors (Lipinski definition) is 0. The van der Waals surface area contributed by atoms with E-state index in [-0.39, 0.29) is 0 Å². The monoisotopic (exact) mass is 198 g/mol. The van der Waals surface area contributed by atoms with Gasteiger partial charge in [-0.25, -0.2) is 0 Å². The standard InChI is InChI=1S/C9H11Br/c10-8-9-6-4-2-1-3-5-7-9/h1-4,6H,5,7-8H2/b3-1-,4-2-,9-6+. The van der Waals surface area contributed by atoms with E-state index in [0.717, 1.165) is 5.33 Å². The average molecular weight is 199 g/mol. The molecule has 0 aliphatic heterocycles. The Morgan fingerprint density at radius 1 is 1.30 bits per heavy atom. The summed E-state index contributed by atoms with van der Waals surface area (Å²) in [6.45, 7) is 0. The minimum Gasteiger partial charge on any atom is -0.0880 e. The van der Waals surface area contributed by atoms with Crippen molar-refractivity contribution >= 4 is 15.9 Å². The fourth-order valence-corrected chi connectivity index (χ4v) is 1.36. The number of rotatable bonds is 1. The topological polar surface area (TPSA) is 0 Å². The first-order valence-corrected chi connectivity index (χ1v) is 4.63. The van der Waals surface area contributed by atoms with Crippen LogP contribution in [0.4, 0.5) is 0 Å². The molecule has 1 aliphatic rings. The van der Waals surface area contributed by atoms with Crippen molar-refractivity contribution in [2.24, 2.45) is 0 Å². The summed E-state index contributed by atoms with van der Waals surface area (Å²) in [6.07, 6.45) is 13.0. The molecule has 0 heterocycles. The zero-order chi connectivity index (χ0) is 7.23. The Bertz CT molecular complexity index is 175. The molecule has 0 radical (unpaired) electrons. The van der Waals surface area contributed by atoms with E-state index in [1.54, 1.807) is 0 Å². The van der Waals surface area contributed by atoms with Crippen LogP contribution in [0.25, 0.3) is 0 Å². The summed E-state index contributed by atoms with van der Waals surface area (Å²) < 4.78 is 0. The maximum absolute atomic E-state index is 3.44. The number of hydrogen-bond acceptors (Lipinski definition) is 0. The fraction of sp³-hybridized carbons (Fsp3) is 0.333. The molecule has 0 amide bonds. The van der Waals surface area contributed by atoms with E-state index in [0.29, 0.717) is 0 Å². The van der Waals surface area contributed by atoms with Gasteiger partial charge in [-0.1, -0.05) is 51.9 Å². The van der Waals surface area contributed by atoms with Crippen LogP contribution in [0.5, 0.6) is 0 Å². The predicted molar refractivity (Wildman–Crippen MR) is 49.4 cm³/mol. The Labute approximate surface area is 70.5 Å². The number of allylic oxidation sites excluding steroid dienone is 6. The van der Waals surface area contributed by atoms with Gasteiger partial charge in [-0.05, 0) is 12.8 Å². The molecule has 0 aromatic carbocycles. The van der Waals surface area contributed by atoms with Crippen molar-refractivity contribution in [1.29, 1.82) is 0 Å². The molecule has 54 valence electrons. The molecule has 0 aromatic rings. The van der Waals surface area contributed by atoms with Crippen molar-refractivity contribution < 1.29 is 0 Å². The average Bonchev–Trinajstić information content (AvgIpc) is 1.87. The van der Waals surface area contributed by atoms with Crippen molar-refractivity contribution in [1.82, 2.24) is 0 Å². The molecule has 0 bridgehead atoms. The van der Waals surface area contributed by atoms with Crippen LogP contribution in [-0.4, -0.2) is 5.33 Å². The summed E-state index contributed by atoms with van der Waals surface area (Å²) in [5.74, 6) is 0. The molecular formula is C9H11Br. The summed E-state index contributed by atoms with van der Waals surface area (Å²) in [5.41, 5.74) is 1.47. The van der Waals surface area contributed by atoms with Crippen molar-refractivity contribution in [2.45, 2.75) is 12.8 Å². The third-order valence-corrected chi connectivity index (χ3v) is 2.21. The van der Waals surface area contributed by atoms with Crippen LogP contribution in [0.3, 0.4) is 0 Å². The van der Waals surface area contributed by atoms with E-state index in [2.05, 4.69) is 46.3 Å². The van der Waals surface area contributed by atoms with Crippen molar-refractivity contribution in [3.63, 3.8) is 0 Å². The number of halogens is 1. The van der Waals surface area contributed by atoms with Crippen molar-refractivity contribution in [3.05, 3.63) is 36.0 Å². The van der Waals surface area contributed by atoms with Gasteiger partial charge in [0.1, 0.15) is 0 Å². The van der Waals surface area contributed by atoms with Gasteiger partial charge >= 0.3 is 0 Å². The molecule has 0 unspecified atom stereocenters. The Hall–Kier alpha value is -0.300. The van der Waals surface area contributed by atoms with E-state index in [9.17, 15) is 0 Å². The molecule has 0 fully saturated rings. The van der Waals surface area contributed by atoms with E-state index in [1.165, 1.54) is 18.4 Å². The zero-order valence-corrected chi connectivity index (χ0v) is 7.47. The first-order valence-electron chi connectivity index (χ1n) is 3.50. The minimum atomic E-state index is 1.01. The third kappa shape index (κ3) is 2.53. The molecular weight excluding hydrogens is 188 g/mol. The van der Waals surface area contributed by atoms with Gasteiger partial charge in [0, 0.05) is 5.33 Å². The summed E-state index contributed by atoms with van der Waals surface area (Å²) in [6, 6.07) is 0. The van der Waals surface area contributed by atoms with Crippen LogP contribution in [0.2, 0.25) is 0 Å². The van der Waals surface area contributed by atoms with Crippen LogP contribution in [0.15, 0.2) is 36.0 Å². The first-order chi connectivity index (χ1) is 4.93. The lowest BCUT2D eigenvalue weighted by Crippen LogP contribution is -1.84. The van der Waals surface area contributed by atoms with Gasteiger partial charge in [0.25, 0.3) is 0 Å². The lowest BCUT2D eigenvalue weighted by molar-refractivity contribution is 0.982. The second-order valence-electron chi connectivity index (χ2n) is 2.31. The second kappa shape index (κ2) is 4.51. The first kappa shape index (κ1) is 7.80. The van der Waals surface area contributed by atoms with Gasteiger partial charge in [0.2, 0.25) is 0 Å². The van der Waals surface area contributed by atoms with Gasteiger partial charge in [-0.15, -0.1) is 0 Å². The van der Waals surface area contributed by atoms with E-state index < -0.39 is 0 Å². The smallest absolute Gasteiger partial charge is 0.0245 e. The summed E-state index contributed by atoms with van der Waals surface area (Å²) in [4.78, 5) is 0. The van der Waals surface area contributed by atoms with Gasteiger partial charge in [0.15, 0.2) is 0 Å². The normalized spacial score (nSPS) is 29.5. The highest BCUT2D eigenvalue weighted by atomic mass is 79.9. The Balaban J connectivity index is 2.59. The van der Waals surface area contributed by atoms with Crippen molar-refractivity contribution in [2.75, 3.05) is 5.33 Å². The van der Waals surface area contributed by atoms with Gasteiger partial charge in [-0.2, -0.15) is 0 Å². The fourth-order valence-electron chi connectivity index (χ4n) is 0.894. The summed E-state index contributed by atoms with van der Waals surface area (Å²) >= 11 is 3.44. The Morgan fingerprint density at radius 2 is 2.20 bits per heavy atom. The molecule has 0 saturated heterocycles. The predicted octanol–water partition coefficient (Wildman–Crippen LogP) is 3.21. The quantitative estimate of drug-likeness (QED) is 0.569. The van der Waals surface area contributed by atoms with Crippen LogP contribution >= 0.6 is 15.9 Å². The molecule has 1 rings (SSSR count). The van der Waals surface area contributed by atoms with E-state index in [1.807, 2.05) is 0 Å². The summed E-state index contributed by atoms with van der Waals surface area (Å²) in [7, 11) is 0. The Kier molecular flexibility index (Phi) is 3.52. The minimum absolute atomic E-state index is 1.01. The highest BCUT2D eigenvalue weighted by molar-refractivity contribution is 9.09. The maximum Gasteiger partial charge on any atom is 0.0245 e. The molecule has 1 aliphatic carbocycles. The van der Waals surface area contributed by atoms with Crippen molar-refractivity contribution in [3.8, 4) is 0 Å². The van der Waals surface area contributed by atoms with E-state index >= 15 is 0 Å². The van der Waals surface area contributed by atoms with Crippen LogP contribution < -0.4 is 0 Å². The molecule has 0 saturated carbocycles. The van der Waals surface area contributed by atoms with Gasteiger partial charge < -0.3 is 0 Å². The molecule has 0 atom stereocenters. The highest BCUT2D eigenvalue weighted by Gasteiger charge is 1.92. The number of alkyl halides is 1. The lowest BCUT2D eigenvalue weighted by atomic mass is 10.1. The van der Waals surface area contributed by atoms with Gasteiger partial charge in [0.05, 0.1) is 0 Å². The molecule has 0 aromatic heterocycles. The zero-order valence-electron chi connectivity index (χ0n) is 5.89. The Morgan fingerprint density at radius 3 is 3.00 bits per heavy atom. The molecule has 1 heteroatoms. The lowest BCUT2D eigenvalue weighted by Gasteiger charge is -2.00. The van der Waals surface area contributed by atoms with E-state index in [4.69, 9.17) is 0 Å². The molecule has 0 spiro atoms. The molecule has 10 heavy (non-hydrogen) atoms. The SMILES string of the molecule is BrC/C1=C/C=C\C=C/CC1. The summed E-state index contributed by atoms with van der Waals surface area (Å²) in [5, 5.41) is 1.01. The molecule has 0 N–H and O–H groups in total. The maximum atomic E-state index is 3.44.